The van der Waals surface area contributed by atoms with Crippen molar-refractivity contribution in [1.82, 2.24) is 20.7 Å². The summed E-state index contributed by atoms with van der Waals surface area (Å²) in [6.07, 6.45) is 6.99. The van der Waals surface area contributed by atoms with Crippen molar-refractivity contribution < 1.29 is 14.6 Å². The zero-order valence-electron chi connectivity index (χ0n) is 16.5. The fraction of sp³-hybridized carbons (Fsp3) is 0.800. The zero-order valence-corrected chi connectivity index (χ0v) is 16.5. The first-order valence-corrected chi connectivity index (χ1v) is 10.4. The minimum Gasteiger partial charge on any atom is -0.379 e. The molecule has 3 saturated heterocycles. The van der Waals surface area contributed by atoms with E-state index in [0.29, 0.717) is 12.1 Å². The Morgan fingerprint density at radius 1 is 1.26 bits per heavy atom. The molecule has 0 spiro atoms. The second-order valence-corrected chi connectivity index (χ2v) is 8.05. The van der Waals surface area contributed by atoms with E-state index in [1.54, 1.807) is 7.11 Å². The highest BCUT2D eigenvalue weighted by Gasteiger charge is 2.36. The molecule has 0 bridgehead atoms. The SMILES string of the molecule is CO[C@@H](O)C1=C(N2CCCC2C2CCNN2)CCC(CN2CCOCC2)=C1. The Kier molecular flexibility index (Phi) is 6.47. The van der Waals surface area contributed by atoms with Crippen molar-refractivity contribution in [2.24, 2.45) is 0 Å². The third-order valence-corrected chi connectivity index (χ3v) is 6.37. The van der Waals surface area contributed by atoms with E-state index >= 15 is 0 Å². The summed E-state index contributed by atoms with van der Waals surface area (Å²) < 4.78 is 10.8. The molecular weight excluding hydrogens is 344 g/mol. The summed E-state index contributed by atoms with van der Waals surface area (Å²) in [5.41, 5.74) is 10.4. The van der Waals surface area contributed by atoms with E-state index in [9.17, 15) is 5.11 Å². The number of morpholine rings is 1. The number of aliphatic hydroxyl groups is 1. The van der Waals surface area contributed by atoms with Gasteiger partial charge in [-0.2, -0.15) is 0 Å². The summed E-state index contributed by atoms with van der Waals surface area (Å²) in [4.78, 5) is 4.99. The summed E-state index contributed by atoms with van der Waals surface area (Å²) in [5.74, 6) is 0. The van der Waals surface area contributed by atoms with E-state index in [2.05, 4.69) is 26.7 Å². The van der Waals surface area contributed by atoms with Gasteiger partial charge >= 0.3 is 0 Å². The van der Waals surface area contributed by atoms with Crippen LogP contribution >= 0.6 is 0 Å². The third-order valence-electron chi connectivity index (χ3n) is 6.37. The molecule has 3 aliphatic heterocycles. The number of hydrogen-bond donors (Lipinski definition) is 3. The Morgan fingerprint density at radius 3 is 2.85 bits per heavy atom. The van der Waals surface area contributed by atoms with Gasteiger partial charge in [0.2, 0.25) is 0 Å². The van der Waals surface area contributed by atoms with Crippen molar-refractivity contribution in [2.45, 2.75) is 50.5 Å². The molecule has 3 fully saturated rings. The molecule has 0 radical (unpaired) electrons. The van der Waals surface area contributed by atoms with Crippen molar-refractivity contribution in [1.29, 1.82) is 0 Å². The molecule has 0 amide bonds. The average Bonchev–Trinajstić information content (AvgIpc) is 3.39. The lowest BCUT2D eigenvalue weighted by molar-refractivity contribution is -0.0446. The number of nitrogens with zero attached hydrogens (tertiary/aromatic N) is 2. The highest BCUT2D eigenvalue weighted by atomic mass is 16.6. The summed E-state index contributed by atoms with van der Waals surface area (Å²) in [7, 11) is 1.59. The first-order valence-electron chi connectivity index (χ1n) is 10.4. The molecule has 3 N–H and O–H groups in total. The zero-order chi connectivity index (χ0) is 18.6. The normalized spacial score (nSPS) is 31.5. The van der Waals surface area contributed by atoms with E-state index in [-0.39, 0.29) is 0 Å². The highest BCUT2D eigenvalue weighted by molar-refractivity contribution is 5.36. The Bertz CT molecular complexity index is 568. The standard InChI is InChI=1S/C20H34N4O3/c1-26-20(25)16-13-15(14-23-9-11-27-12-10-23)4-5-18(16)24-8-2-3-19(24)17-6-7-21-22-17/h13,17,19-22,25H,2-12,14H2,1H3/t17?,19?,20-/m1/s1. The van der Waals surface area contributed by atoms with Crippen LogP contribution in [0, 0.1) is 0 Å². The fourth-order valence-corrected chi connectivity index (χ4v) is 4.96. The first-order chi connectivity index (χ1) is 13.3. The third kappa shape index (κ3) is 4.39. The number of likely N-dealkylation sites (tertiary alicyclic amines) is 1. The van der Waals surface area contributed by atoms with Crippen LogP contribution in [0.25, 0.3) is 0 Å². The molecule has 0 aromatic rings. The van der Waals surface area contributed by atoms with Gasteiger partial charge in [-0.1, -0.05) is 11.6 Å². The van der Waals surface area contributed by atoms with Crippen LogP contribution in [-0.4, -0.2) is 86.3 Å². The number of rotatable bonds is 6. The van der Waals surface area contributed by atoms with E-state index in [1.165, 1.54) is 24.1 Å². The maximum absolute atomic E-state index is 10.6. The summed E-state index contributed by atoms with van der Waals surface area (Å²) in [5, 5.41) is 10.6. The van der Waals surface area contributed by atoms with Crippen LogP contribution in [-0.2, 0) is 9.47 Å². The van der Waals surface area contributed by atoms with E-state index in [0.717, 1.165) is 70.8 Å². The molecule has 2 unspecified atom stereocenters. The molecule has 0 aromatic heterocycles. The van der Waals surface area contributed by atoms with Crippen LogP contribution in [0.5, 0.6) is 0 Å². The van der Waals surface area contributed by atoms with Gasteiger partial charge in [-0.3, -0.25) is 15.8 Å². The number of hydrogen-bond acceptors (Lipinski definition) is 7. The lowest BCUT2D eigenvalue weighted by Gasteiger charge is -2.37. The van der Waals surface area contributed by atoms with Gasteiger partial charge in [-0.25, -0.2) is 0 Å². The maximum atomic E-state index is 10.6. The highest BCUT2D eigenvalue weighted by Crippen LogP contribution is 2.35. The molecule has 1 aliphatic carbocycles. The van der Waals surface area contributed by atoms with Gasteiger partial charge in [0.25, 0.3) is 0 Å². The summed E-state index contributed by atoms with van der Waals surface area (Å²) in [6, 6.07) is 0.989. The van der Waals surface area contributed by atoms with Gasteiger partial charge < -0.3 is 19.5 Å². The van der Waals surface area contributed by atoms with Gasteiger partial charge in [-0.05, 0) is 32.1 Å². The Morgan fingerprint density at radius 2 is 2.11 bits per heavy atom. The van der Waals surface area contributed by atoms with E-state index in [4.69, 9.17) is 9.47 Å². The van der Waals surface area contributed by atoms with E-state index in [1.807, 2.05) is 0 Å². The number of aliphatic hydroxyl groups excluding tert-OH is 1. The Balaban J connectivity index is 1.54. The van der Waals surface area contributed by atoms with Gasteiger partial charge in [-0.15, -0.1) is 0 Å². The van der Waals surface area contributed by atoms with Crippen molar-refractivity contribution in [3.8, 4) is 0 Å². The average molecular weight is 379 g/mol. The molecule has 4 aliphatic rings. The van der Waals surface area contributed by atoms with Crippen molar-refractivity contribution in [3.63, 3.8) is 0 Å². The lowest BCUT2D eigenvalue weighted by Crippen LogP contribution is -2.46. The van der Waals surface area contributed by atoms with Gasteiger partial charge in [0, 0.05) is 63.2 Å². The number of methoxy groups -OCH3 is 1. The minimum atomic E-state index is -0.851. The second-order valence-electron chi connectivity index (χ2n) is 8.05. The van der Waals surface area contributed by atoms with Crippen LogP contribution in [0.1, 0.15) is 32.1 Å². The summed E-state index contributed by atoms with van der Waals surface area (Å²) in [6.45, 7) is 6.69. The number of ether oxygens (including phenoxy) is 2. The van der Waals surface area contributed by atoms with E-state index < -0.39 is 6.29 Å². The van der Waals surface area contributed by atoms with Gasteiger partial charge in [0.1, 0.15) is 0 Å². The fourth-order valence-electron chi connectivity index (χ4n) is 4.96. The number of allylic oxidation sites excluding steroid dienone is 1. The molecule has 7 heteroatoms. The van der Waals surface area contributed by atoms with Crippen molar-refractivity contribution in [2.75, 3.05) is 53.0 Å². The van der Waals surface area contributed by atoms with Gasteiger partial charge in [0.15, 0.2) is 6.29 Å². The number of nitrogens with one attached hydrogen (secondary N) is 2. The van der Waals surface area contributed by atoms with Crippen LogP contribution in [0.3, 0.4) is 0 Å². The maximum Gasteiger partial charge on any atom is 0.182 e. The largest absolute Gasteiger partial charge is 0.379 e. The quantitative estimate of drug-likeness (QED) is 0.585. The molecule has 0 saturated carbocycles. The topological polar surface area (TPSA) is 69.2 Å². The molecule has 27 heavy (non-hydrogen) atoms. The monoisotopic (exact) mass is 378 g/mol. The molecule has 7 nitrogen and oxygen atoms in total. The van der Waals surface area contributed by atoms with Crippen molar-refractivity contribution in [3.05, 3.63) is 22.9 Å². The minimum absolute atomic E-state index is 0.486. The van der Waals surface area contributed by atoms with Crippen LogP contribution in [0.15, 0.2) is 22.9 Å². The van der Waals surface area contributed by atoms with Gasteiger partial charge in [0.05, 0.1) is 13.2 Å². The molecular formula is C20H34N4O3. The second kappa shape index (κ2) is 9.03. The van der Waals surface area contributed by atoms with Crippen LogP contribution < -0.4 is 10.9 Å². The Hall–Kier alpha value is -0.960. The van der Waals surface area contributed by atoms with Crippen LogP contribution in [0.4, 0.5) is 0 Å². The smallest absolute Gasteiger partial charge is 0.182 e. The van der Waals surface area contributed by atoms with Crippen molar-refractivity contribution >= 4 is 0 Å². The van der Waals surface area contributed by atoms with Crippen LogP contribution in [0.2, 0.25) is 0 Å². The molecule has 4 rings (SSSR count). The molecule has 3 atom stereocenters. The molecule has 0 aromatic carbocycles. The summed E-state index contributed by atoms with van der Waals surface area (Å²) >= 11 is 0. The number of hydrazine groups is 1. The molecule has 152 valence electrons. The predicted octanol–water partition coefficient (Wildman–Crippen LogP) is 0.589. The Labute approximate surface area is 162 Å². The predicted molar refractivity (Wildman–Crippen MR) is 104 cm³/mol. The first kappa shape index (κ1) is 19.4. The lowest BCUT2D eigenvalue weighted by atomic mass is 9.93. The molecule has 3 heterocycles.